The first-order valence-corrected chi connectivity index (χ1v) is 9.84. The second-order valence-corrected chi connectivity index (χ2v) is 6.53. The van der Waals surface area contributed by atoms with E-state index in [2.05, 4.69) is 18.7 Å². The average Bonchev–Trinajstić information content (AvgIpc) is 2.73. The van der Waals surface area contributed by atoms with Crippen LogP contribution < -0.4 is 10.5 Å². The Hall–Kier alpha value is -3.34. The number of esters is 1. The number of carbonyl (C=O) groups is 1. The lowest BCUT2D eigenvalue weighted by atomic mass is 10.0. The summed E-state index contributed by atoms with van der Waals surface area (Å²) in [6.07, 6.45) is 1.54. The standard InChI is InChI=1S/C24H25NO4/c1-4-25(5-2)20-13-12-18-14-19(23(26)29-22(18)16-20)15-21(24(27)28-6-3)17-10-8-7-9-11-17/h7-16H,4-6H2,1-3H3/b21-15-. The third kappa shape index (κ3) is 4.57. The lowest BCUT2D eigenvalue weighted by Gasteiger charge is -2.20. The van der Waals surface area contributed by atoms with Crippen molar-refractivity contribution in [3.63, 3.8) is 0 Å². The van der Waals surface area contributed by atoms with E-state index in [0.29, 0.717) is 22.3 Å². The molecule has 150 valence electrons. The highest BCUT2D eigenvalue weighted by Crippen LogP contribution is 2.24. The summed E-state index contributed by atoms with van der Waals surface area (Å²) in [7, 11) is 0. The largest absolute Gasteiger partial charge is 0.462 e. The summed E-state index contributed by atoms with van der Waals surface area (Å²) >= 11 is 0. The van der Waals surface area contributed by atoms with Gasteiger partial charge in [-0.1, -0.05) is 30.3 Å². The van der Waals surface area contributed by atoms with Gasteiger partial charge in [0, 0.05) is 30.2 Å². The molecule has 0 bridgehead atoms. The van der Waals surface area contributed by atoms with E-state index in [9.17, 15) is 9.59 Å². The van der Waals surface area contributed by atoms with Crippen molar-refractivity contribution in [1.82, 2.24) is 0 Å². The highest BCUT2D eigenvalue weighted by atomic mass is 16.5. The molecule has 0 N–H and O–H groups in total. The zero-order valence-electron chi connectivity index (χ0n) is 17.0. The monoisotopic (exact) mass is 391 g/mol. The van der Waals surface area contributed by atoms with Crippen LogP contribution in [-0.2, 0) is 9.53 Å². The highest BCUT2D eigenvalue weighted by Gasteiger charge is 2.15. The van der Waals surface area contributed by atoms with Gasteiger partial charge in [0.25, 0.3) is 0 Å². The maximum absolute atomic E-state index is 12.6. The van der Waals surface area contributed by atoms with Gasteiger partial charge < -0.3 is 14.1 Å². The molecule has 0 saturated heterocycles. The molecule has 5 heteroatoms. The molecule has 0 aliphatic heterocycles. The van der Waals surface area contributed by atoms with Crippen molar-refractivity contribution in [3.05, 3.63) is 76.1 Å². The minimum atomic E-state index is -0.494. The highest BCUT2D eigenvalue weighted by molar-refractivity contribution is 6.21. The summed E-state index contributed by atoms with van der Waals surface area (Å²) in [5, 5.41) is 0.794. The van der Waals surface area contributed by atoms with E-state index in [1.807, 2.05) is 48.5 Å². The lowest BCUT2D eigenvalue weighted by Crippen LogP contribution is -2.21. The van der Waals surface area contributed by atoms with Crippen molar-refractivity contribution in [2.45, 2.75) is 20.8 Å². The number of carbonyl (C=O) groups excluding carboxylic acids is 1. The Morgan fingerprint density at radius 3 is 2.41 bits per heavy atom. The van der Waals surface area contributed by atoms with E-state index in [1.54, 1.807) is 13.0 Å². The minimum Gasteiger partial charge on any atom is -0.462 e. The number of ether oxygens (including phenoxy) is 1. The van der Waals surface area contributed by atoms with E-state index in [1.165, 1.54) is 6.08 Å². The molecule has 0 amide bonds. The van der Waals surface area contributed by atoms with E-state index >= 15 is 0 Å². The maximum atomic E-state index is 12.6. The van der Waals surface area contributed by atoms with Gasteiger partial charge in [0.2, 0.25) is 0 Å². The van der Waals surface area contributed by atoms with Crippen molar-refractivity contribution in [1.29, 1.82) is 0 Å². The Balaban J connectivity index is 2.09. The minimum absolute atomic E-state index is 0.253. The molecule has 0 radical (unpaired) electrons. The predicted molar refractivity (Wildman–Crippen MR) is 117 cm³/mol. The van der Waals surface area contributed by atoms with Crippen LogP contribution in [0.25, 0.3) is 22.6 Å². The van der Waals surface area contributed by atoms with Gasteiger partial charge in [-0.25, -0.2) is 9.59 Å². The van der Waals surface area contributed by atoms with Crippen molar-refractivity contribution < 1.29 is 13.9 Å². The van der Waals surface area contributed by atoms with Crippen LogP contribution in [0.3, 0.4) is 0 Å². The first-order valence-electron chi connectivity index (χ1n) is 9.84. The molecule has 29 heavy (non-hydrogen) atoms. The Labute approximate surface area is 170 Å². The molecule has 0 spiro atoms. The van der Waals surface area contributed by atoms with Gasteiger partial charge in [-0.2, -0.15) is 0 Å². The zero-order chi connectivity index (χ0) is 20.8. The molecule has 2 aromatic carbocycles. The van der Waals surface area contributed by atoms with Gasteiger partial charge in [0.1, 0.15) is 5.58 Å². The molecule has 0 atom stereocenters. The average molecular weight is 391 g/mol. The lowest BCUT2D eigenvalue weighted by molar-refractivity contribution is -0.136. The molecule has 0 aliphatic rings. The van der Waals surface area contributed by atoms with Crippen LogP contribution in [0.2, 0.25) is 0 Å². The number of fused-ring (bicyclic) bond motifs is 1. The fourth-order valence-corrected chi connectivity index (χ4v) is 3.24. The quantitative estimate of drug-likeness (QED) is 0.331. The van der Waals surface area contributed by atoms with E-state index in [4.69, 9.17) is 9.15 Å². The van der Waals surface area contributed by atoms with Crippen LogP contribution in [0.1, 0.15) is 31.9 Å². The van der Waals surface area contributed by atoms with Gasteiger partial charge >= 0.3 is 11.6 Å². The molecule has 1 heterocycles. The van der Waals surface area contributed by atoms with Crippen LogP contribution in [0, 0.1) is 0 Å². The predicted octanol–water partition coefficient (Wildman–Crippen LogP) is 4.74. The van der Waals surface area contributed by atoms with Crippen LogP contribution in [-0.4, -0.2) is 25.7 Å². The maximum Gasteiger partial charge on any atom is 0.343 e. The number of hydrogen-bond acceptors (Lipinski definition) is 5. The summed E-state index contributed by atoms with van der Waals surface area (Å²) in [4.78, 5) is 27.3. The van der Waals surface area contributed by atoms with Gasteiger partial charge in [-0.15, -0.1) is 0 Å². The molecular formula is C24H25NO4. The van der Waals surface area contributed by atoms with Gasteiger partial charge in [0.05, 0.1) is 17.7 Å². The first-order chi connectivity index (χ1) is 14.1. The van der Waals surface area contributed by atoms with Crippen LogP contribution in [0.15, 0.2) is 63.8 Å². The molecule has 0 aliphatic carbocycles. The van der Waals surface area contributed by atoms with Crippen LogP contribution in [0.4, 0.5) is 5.69 Å². The number of rotatable bonds is 7. The van der Waals surface area contributed by atoms with Crippen molar-refractivity contribution >= 4 is 34.3 Å². The Morgan fingerprint density at radius 2 is 1.76 bits per heavy atom. The fraction of sp³-hybridized carbons (Fsp3) is 0.250. The number of anilines is 1. The van der Waals surface area contributed by atoms with Crippen LogP contribution in [0.5, 0.6) is 0 Å². The fourth-order valence-electron chi connectivity index (χ4n) is 3.24. The van der Waals surface area contributed by atoms with Crippen molar-refractivity contribution in [3.8, 4) is 0 Å². The Bertz CT molecular complexity index is 1080. The molecule has 0 unspecified atom stereocenters. The van der Waals surface area contributed by atoms with Gasteiger partial charge in [-0.3, -0.25) is 0 Å². The van der Waals surface area contributed by atoms with Crippen molar-refractivity contribution in [2.24, 2.45) is 0 Å². The van der Waals surface area contributed by atoms with E-state index in [-0.39, 0.29) is 6.61 Å². The Kier molecular flexibility index (Phi) is 6.50. The molecule has 5 nitrogen and oxygen atoms in total. The second kappa shape index (κ2) is 9.24. The topological polar surface area (TPSA) is 59.8 Å². The summed E-state index contributed by atoms with van der Waals surface area (Å²) in [6, 6.07) is 16.7. The first kappa shape index (κ1) is 20.4. The van der Waals surface area contributed by atoms with Crippen LogP contribution >= 0.6 is 0 Å². The molecule has 3 rings (SSSR count). The Morgan fingerprint density at radius 1 is 1.03 bits per heavy atom. The van der Waals surface area contributed by atoms with Gasteiger partial charge in [-0.05, 0) is 50.6 Å². The molecule has 3 aromatic rings. The summed E-state index contributed by atoms with van der Waals surface area (Å²) in [5.41, 5.74) is 2.34. The third-order valence-corrected chi connectivity index (χ3v) is 4.76. The molecule has 0 fully saturated rings. The van der Waals surface area contributed by atoms with E-state index in [0.717, 1.165) is 24.2 Å². The number of hydrogen-bond donors (Lipinski definition) is 0. The van der Waals surface area contributed by atoms with Gasteiger partial charge in [0.15, 0.2) is 0 Å². The number of benzene rings is 2. The normalized spacial score (nSPS) is 11.5. The summed E-state index contributed by atoms with van der Waals surface area (Å²) < 4.78 is 10.7. The molecular weight excluding hydrogens is 366 g/mol. The zero-order valence-corrected chi connectivity index (χ0v) is 17.0. The molecule has 1 aromatic heterocycles. The SMILES string of the molecule is CCOC(=O)/C(=C\c1cc2ccc(N(CC)CC)cc2oc1=O)c1ccccc1. The number of nitrogens with zero attached hydrogens (tertiary/aromatic N) is 1. The molecule has 0 saturated carbocycles. The summed E-state index contributed by atoms with van der Waals surface area (Å²) in [5.74, 6) is -0.477. The van der Waals surface area contributed by atoms with E-state index < -0.39 is 11.6 Å². The third-order valence-electron chi connectivity index (χ3n) is 4.76. The second-order valence-electron chi connectivity index (χ2n) is 6.53. The summed E-state index contributed by atoms with van der Waals surface area (Å²) in [6.45, 7) is 7.90. The van der Waals surface area contributed by atoms with Crippen molar-refractivity contribution in [2.75, 3.05) is 24.6 Å². The smallest absolute Gasteiger partial charge is 0.343 e.